The third kappa shape index (κ3) is 3.74. The van der Waals surface area contributed by atoms with Crippen molar-refractivity contribution in [2.45, 2.75) is 32.2 Å². The van der Waals surface area contributed by atoms with Gasteiger partial charge in [0, 0.05) is 5.56 Å². The lowest BCUT2D eigenvalue weighted by Gasteiger charge is -2.16. The predicted octanol–water partition coefficient (Wildman–Crippen LogP) is 4.93. The van der Waals surface area contributed by atoms with Crippen molar-refractivity contribution in [2.24, 2.45) is 5.84 Å². The monoisotopic (exact) mass is 328 g/mol. The van der Waals surface area contributed by atoms with Crippen molar-refractivity contribution >= 4 is 34.5 Å². The summed E-state index contributed by atoms with van der Waals surface area (Å²) < 4.78 is 1.37. The highest BCUT2D eigenvalue weighted by atomic mass is 35.5. The highest BCUT2D eigenvalue weighted by Gasteiger charge is 2.17. The molecule has 1 aromatic heterocycles. The van der Waals surface area contributed by atoms with Crippen molar-refractivity contribution in [1.82, 2.24) is 5.43 Å². The Morgan fingerprint density at radius 2 is 1.85 bits per heavy atom. The van der Waals surface area contributed by atoms with Gasteiger partial charge in [0.1, 0.15) is 0 Å². The Kier molecular flexibility index (Phi) is 5.47. The van der Waals surface area contributed by atoms with Crippen LogP contribution in [0.1, 0.15) is 42.5 Å². The van der Waals surface area contributed by atoms with Crippen LogP contribution in [0.15, 0.2) is 30.3 Å². The van der Waals surface area contributed by atoms with Gasteiger partial charge in [-0.15, -0.1) is 11.3 Å². The molecule has 1 aromatic carbocycles. The maximum absolute atomic E-state index is 6.19. The molecule has 0 amide bonds. The molecule has 1 heterocycles. The largest absolute Gasteiger partial charge is 0.271 e. The average molecular weight is 329 g/mol. The average Bonchev–Trinajstić information content (AvgIpc) is 2.75. The van der Waals surface area contributed by atoms with Gasteiger partial charge in [-0.3, -0.25) is 11.3 Å². The molecule has 2 aromatic rings. The van der Waals surface area contributed by atoms with Gasteiger partial charge in [0.15, 0.2) is 0 Å². The van der Waals surface area contributed by atoms with Crippen molar-refractivity contribution in [3.63, 3.8) is 0 Å². The third-order valence-electron chi connectivity index (χ3n) is 3.35. The van der Waals surface area contributed by atoms with E-state index in [1.807, 2.05) is 6.07 Å². The molecule has 0 spiro atoms. The zero-order valence-corrected chi connectivity index (χ0v) is 13.8. The van der Waals surface area contributed by atoms with E-state index in [1.54, 1.807) is 0 Å². The summed E-state index contributed by atoms with van der Waals surface area (Å²) in [6.45, 7) is 4.37. The zero-order chi connectivity index (χ0) is 14.7. The summed E-state index contributed by atoms with van der Waals surface area (Å²) in [5.74, 6) is 6.20. The first kappa shape index (κ1) is 15.8. The Hall–Kier alpha value is -0.580. The van der Waals surface area contributed by atoms with Gasteiger partial charge >= 0.3 is 0 Å². The molecule has 1 unspecified atom stereocenters. The topological polar surface area (TPSA) is 38.0 Å². The van der Waals surface area contributed by atoms with Gasteiger partial charge in [0.05, 0.1) is 14.7 Å². The minimum atomic E-state index is -0.0313. The number of thiophene rings is 1. The zero-order valence-electron chi connectivity index (χ0n) is 11.5. The fourth-order valence-electron chi connectivity index (χ4n) is 2.12. The van der Waals surface area contributed by atoms with E-state index in [1.165, 1.54) is 22.5 Å². The number of rotatable bonds is 5. The summed E-state index contributed by atoms with van der Waals surface area (Å²) in [4.78, 5) is 0. The second-order valence-electron chi connectivity index (χ2n) is 5.10. The summed E-state index contributed by atoms with van der Waals surface area (Å²) in [6.07, 6.45) is 0.779. The first-order valence-electron chi connectivity index (χ1n) is 6.51. The number of benzene rings is 1. The maximum atomic E-state index is 6.19. The third-order valence-corrected chi connectivity index (χ3v) is 4.86. The molecule has 0 bridgehead atoms. The molecule has 1 atom stereocenters. The molecule has 0 saturated heterocycles. The van der Waals surface area contributed by atoms with Crippen LogP contribution < -0.4 is 11.3 Å². The number of halogens is 2. The van der Waals surface area contributed by atoms with Crippen LogP contribution in [0.25, 0.3) is 0 Å². The molecule has 0 saturated carbocycles. The molecule has 0 aliphatic rings. The van der Waals surface area contributed by atoms with Crippen LogP contribution in [0.2, 0.25) is 8.67 Å². The van der Waals surface area contributed by atoms with Crippen LogP contribution >= 0.6 is 34.5 Å². The Labute approximate surface area is 133 Å². The smallest absolute Gasteiger partial charge is 0.0992 e. The molecule has 0 aliphatic heterocycles. The maximum Gasteiger partial charge on any atom is 0.0992 e. The lowest BCUT2D eigenvalue weighted by atomic mass is 9.97. The fraction of sp³-hybridized carbons (Fsp3) is 0.333. The van der Waals surface area contributed by atoms with E-state index in [0.29, 0.717) is 14.6 Å². The molecular formula is C15H18Cl2N2S. The molecule has 0 aliphatic carbocycles. The minimum Gasteiger partial charge on any atom is -0.271 e. The SMILES string of the molecule is CC(C)c1ccc(CC(NN)c2cc(Cl)sc2Cl)cc1. The van der Waals surface area contributed by atoms with Crippen molar-refractivity contribution in [1.29, 1.82) is 0 Å². The summed E-state index contributed by atoms with van der Waals surface area (Å²) in [5.41, 5.74) is 6.33. The highest BCUT2D eigenvalue weighted by molar-refractivity contribution is 7.20. The predicted molar refractivity (Wildman–Crippen MR) is 88.6 cm³/mol. The lowest BCUT2D eigenvalue weighted by Crippen LogP contribution is -2.29. The molecule has 0 fully saturated rings. The van der Waals surface area contributed by atoms with Crippen LogP contribution in [0.4, 0.5) is 0 Å². The Morgan fingerprint density at radius 1 is 1.20 bits per heavy atom. The van der Waals surface area contributed by atoms with Gasteiger partial charge in [0.25, 0.3) is 0 Å². The van der Waals surface area contributed by atoms with Gasteiger partial charge in [-0.2, -0.15) is 0 Å². The Morgan fingerprint density at radius 3 is 2.30 bits per heavy atom. The second kappa shape index (κ2) is 6.92. The molecule has 3 N–H and O–H groups in total. The van der Waals surface area contributed by atoms with Crippen molar-refractivity contribution in [3.05, 3.63) is 55.7 Å². The minimum absolute atomic E-state index is 0.0313. The number of hydrogen-bond donors (Lipinski definition) is 2. The summed E-state index contributed by atoms with van der Waals surface area (Å²) >= 11 is 13.5. The Bertz CT molecular complexity index is 564. The quantitative estimate of drug-likeness (QED) is 0.603. The molecule has 108 valence electrons. The van der Waals surface area contributed by atoms with Gasteiger partial charge < -0.3 is 0 Å². The van der Waals surface area contributed by atoms with E-state index >= 15 is 0 Å². The fourth-order valence-corrected chi connectivity index (χ4v) is 3.70. The number of nitrogens with two attached hydrogens (primary N) is 1. The molecule has 5 heteroatoms. The van der Waals surface area contributed by atoms with Crippen LogP contribution in [0.3, 0.4) is 0 Å². The number of hydrogen-bond acceptors (Lipinski definition) is 3. The van der Waals surface area contributed by atoms with E-state index < -0.39 is 0 Å². The standard InChI is InChI=1S/C15H18Cl2N2S/c1-9(2)11-5-3-10(4-6-11)7-13(19-18)12-8-14(16)20-15(12)17/h3-6,8-9,13,19H,7,18H2,1-2H3. The van der Waals surface area contributed by atoms with Gasteiger partial charge in [-0.25, -0.2) is 0 Å². The molecule has 2 rings (SSSR count). The van der Waals surface area contributed by atoms with E-state index in [0.717, 1.165) is 12.0 Å². The van der Waals surface area contributed by atoms with Crippen LogP contribution in [0, 0.1) is 0 Å². The summed E-state index contributed by atoms with van der Waals surface area (Å²) in [6, 6.07) is 10.5. The highest BCUT2D eigenvalue weighted by Crippen LogP contribution is 2.35. The number of nitrogens with one attached hydrogen (secondary N) is 1. The molecule has 0 radical (unpaired) electrons. The van der Waals surface area contributed by atoms with Gasteiger partial charge in [-0.1, -0.05) is 61.3 Å². The van der Waals surface area contributed by atoms with Gasteiger partial charge in [0.2, 0.25) is 0 Å². The lowest BCUT2D eigenvalue weighted by molar-refractivity contribution is 0.553. The Balaban J connectivity index is 2.16. The van der Waals surface area contributed by atoms with Crippen molar-refractivity contribution in [2.75, 3.05) is 0 Å². The first-order valence-corrected chi connectivity index (χ1v) is 8.08. The molecule has 20 heavy (non-hydrogen) atoms. The second-order valence-corrected chi connectivity index (χ2v) is 7.38. The summed E-state index contributed by atoms with van der Waals surface area (Å²) in [7, 11) is 0. The molecule has 2 nitrogen and oxygen atoms in total. The van der Waals surface area contributed by atoms with E-state index in [9.17, 15) is 0 Å². The van der Waals surface area contributed by atoms with Crippen LogP contribution in [-0.4, -0.2) is 0 Å². The number of hydrazine groups is 1. The first-order chi connectivity index (χ1) is 9.51. The van der Waals surface area contributed by atoms with E-state index in [4.69, 9.17) is 29.0 Å². The van der Waals surface area contributed by atoms with Crippen LogP contribution in [-0.2, 0) is 6.42 Å². The normalized spacial score (nSPS) is 12.9. The van der Waals surface area contributed by atoms with Gasteiger partial charge in [-0.05, 0) is 29.5 Å². The molecular weight excluding hydrogens is 311 g/mol. The van der Waals surface area contributed by atoms with Crippen molar-refractivity contribution < 1.29 is 0 Å². The van der Waals surface area contributed by atoms with E-state index in [2.05, 4.69) is 43.5 Å². The van der Waals surface area contributed by atoms with Crippen molar-refractivity contribution in [3.8, 4) is 0 Å². The summed E-state index contributed by atoms with van der Waals surface area (Å²) in [5, 5.41) is 0. The van der Waals surface area contributed by atoms with Crippen LogP contribution in [0.5, 0.6) is 0 Å². The van der Waals surface area contributed by atoms with E-state index in [-0.39, 0.29) is 6.04 Å².